The van der Waals surface area contributed by atoms with Crippen LogP contribution in [0.25, 0.3) is 11.3 Å². The summed E-state index contributed by atoms with van der Waals surface area (Å²) < 4.78 is 28.7. The van der Waals surface area contributed by atoms with Crippen LogP contribution in [0.5, 0.6) is 0 Å². The predicted octanol–water partition coefficient (Wildman–Crippen LogP) is 2.22. The number of nitrogens with zero attached hydrogens (tertiary/aromatic N) is 3. The van der Waals surface area contributed by atoms with Gasteiger partial charge in [-0.25, -0.2) is 8.78 Å². The van der Waals surface area contributed by atoms with E-state index in [0.717, 1.165) is 12.1 Å². The highest BCUT2D eigenvalue weighted by Crippen LogP contribution is 2.23. The van der Waals surface area contributed by atoms with Crippen molar-refractivity contribution >= 4 is 0 Å². The molecular weight excluding hydrogens is 250 g/mol. The number of hydrogen-bond acceptors (Lipinski definition) is 3. The molecule has 1 heterocycles. The Balaban J connectivity index is 2.43. The molecule has 0 bridgehead atoms. The van der Waals surface area contributed by atoms with Gasteiger partial charge in [0.25, 0.3) is 0 Å². The van der Waals surface area contributed by atoms with E-state index in [2.05, 4.69) is 5.10 Å². The molecule has 0 aliphatic heterocycles. The molecule has 19 heavy (non-hydrogen) atoms. The van der Waals surface area contributed by atoms with Gasteiger partial charge in [-0.05, 0) is 25.1 Å². The largest absolute Gasteiger partial charge is 0.328 e. The first-order valence-corrected chi connectivity index (χ1v) is 5.71. The summed E-state index contributed by atoms with van der Waals surface area (Å²) in [6.45, 7) is 2.30. The number of aromatic nitrogens is 2. The van der Waals surface area contributed by atoms with Crippen LogP contribution in [-0.2, 0) is 0 Å². The van der Waals surface area contributed by atoms with Crippen LogP contribution >= 0.6 is 0 Å². The molecule has 1 atom stereocenters. The summed E-state index contributed by atoms with van der Waals surface area (Å²) in [4.78, 5) is 0. The maximum Gasteiger partial charge on any atom is 0.144 e. The number of rotatable bonds is 3. The molecule has 1 aromatic carbocycles. The molecule has 0 aliphatic rings. The van der Waals surface area contributed by atoms with Crippen LogP contribution in [0.2, 0.25) is 0 Å². The summed E-state index contributed by atoms with van der Waals surface area (Å²) in [6, 6.07) is 5.33. The molecule has 6 heteroatoms. The van der Waals surface area contributed by atoms with Gasteiger partial charge in [-0.15, -0.1) is 0 Å². The Bertz CT molecular complexity index is 619. The zero-order chi connectivity index (χ0) is 14.0. The fraction of sp³-hybridized carbons (Fsp3) is 0.231. The molecule has 0 amide bonds. The number of benzene rings is 1. The summed E-state index contributed by atoms with van der Waals surface area (Å²) in [6.07, 6.45) is 1.70. The average molecular weight is 262 g/mol. The molecule has 1 aromatic heterocycles. The van der Waals surface area contributed by atoms with Crippen LogP contribution in [-0.4, -0.2) is 16.3 Å². The molecule has 2 rings (SSSR count). The second-order valence-corrected chi connectivity index (χ2v) is 4.19. The minimum Gasteiger partial charge on any atom is -0.328 e. The molecule has 0 spiro atoms. The van der Waals surface area contributed by atoms with E-state index in [0.29, 0.717) is 12.2 Å². The van der Waals surface area contributed by atoms with Crippen LogP contribution in [0.4, 0.5) is 8.78 Å². The third-order valence-corrected chi connectivity index (χ3v) is 2.85. The van der Waals surface area contributed by atoms with E-state index in [1.165, 1.54) is 6.07 Å². The number of nitriles is 1. The molecule has 98 valence electrons. The summed E-state index contributed by atoms with van der Waals surface area (Å²) in [5.41, 5.74) is 5.66. The summed E-state index contributed by atoms with van der Waals surface area (Å²) in [7, 11) is 0. The second kappa shape index (κ2) is 5.16. The highest BCUT2D eigenvalue weighted by Gasteiger charge is 2.13. The van der Waals surface area contributed by atoms with Gasteiger partial charge >= 0.3 is 0 Å². The molecule has 0 unspecified atom stereocenters. The smallest absolute Gasteiger partial charge is 0.144 e. The van der Waals surface area contributed by atoms with E-state index in [9.17, 15) is 8.78 Å². The maximum absolute atomic E-state index is 13.5. The van der Waals surface area contributed by atoms with Crippen molar-refractivity contribution < 1.29 is 8.78 Å². The number of halogens is 2. The maximum atomic E-state index is 13.5. The topological polar surface area (TPSA) is 67.6 Å². The lowest BCUT2D eigenvalue weighted by molar-refractivity contribution is 0.502. The van der Waals surface area contributed by atoms with Crippen molar-refractivity contribution in [3.05, 3.63) is 41.6 Å². The predicted molar refractivity (Wildman–Crippen MR) is 66.1 cm³/mol. The van der Waals surface area contributed by atoms with Gasteiger partial charge in [0.1, 0.15) is 23.3 Å². The zero-order valence-corrected chi connectivity index (χ0v) is 10.3. The molecule has 0 radical (unpaired) electrons. The third kappa shape index (κ3) is 2.46. The van der Waals surface area contributed by atoms with E-state index in [4.69, 9.17) is 11.0 Å². The van der Waals surface area contributed by atoms with Gasteiger partial charge in [0.2, 0.25) is 0 Å². The minimum absolute atomic E-state index is 0.00169. The fourth-order valence-corrected chi connectivity index (χ4v) is 1.67. The molecule has 0 aliphatic carbocycles. The van der Waals surface area contributed by atoms with Crippen molar-refractivity contribution in [1.29, 1.82) is 5.26 Å². The summed E-state index contributed by atoms with van der Waals surface area (Å²) in [5, 5.41) is 12.8. The molecule has 4 nitrogen and oxygen atoms in total. The SMILES string of the molecule is C[C@H](CN)n1ccc(-c2cc(F)c(C#N)c(F)c2)n1. The van der Waals surface area contributed by atoms with E-state index < -0.39 is 17.2 Å². The lowest BCUT2D eigenvalue weighted by Crippen LogP contribution is -2.16. The first kappa shape index (κ1) is 13.2. The lowest BCUT2D eigenvalue weighted by atomic mass is 10.1. The first-order valence-electron chi connectivity index (χ1n) is 5.71. The Morgan fingerprint density at radius 3 is 2.58 bits per heavy atom. The molecule has 2 aromatic rings. The van der Waals surface area contributed by atoms with Crippen molar-refractivity contribution in [2.24, 2.45) is 5.73 Å². The molecule has 0 fully saturated rings. The second-order valence-electron chi connectivity index (χ2n) is 4.19. The Hall–Kier alpha value is -2.26. The number of nitrogens with two attached hydrogens (primary N) is 1. The van der Waals surface area contributed by atoms with Crippen molar-refractivity contribution in [3.63, 3.8) is 0 Å². The first-order chi connectivity index (χ1) is 9.06. The quantitative estimate of drug-likeness (QED) is 0.922. The molecule has 0 saturated carbocycles. The van der Waals surface area contributed by atoms with E-state index in [-0.39, 0.29) is 11.6 Å². The molecule has 0 saturated heterocycles. The van der Waals surface area contributed by atoms with Gasteiger partial charge in [-0.2, -0.15) is 10.4 Å². The zero-order valence-electron chi connectivity index (χ0n) is 10.3. The molecule has 2 N–H and O–H groups in total. The van der Waals surface area contributed by atoms with E-state index in [1.807, 2.05) is 6.92 Å². The van der Waals surface area contributed by atoms with Gasteiger partial charge in [0.05, 0.1) is 11.7 Å². The van der Waals surface area contributed by atoms with E-state index in [1.54, 1.807) is 16.9 Å². The number of hydrogen-bond donors (Lipinski definition) is 1. The van der Waals surface area contributed by atoms with Gasteiger partial charge in [0.15, 0.2) is 0 Å². The Labute approximate surface area is 109 Å². The van der Waals surface area contributed by atoms with Gasteiger partial charge in [-0.3, -0.25) is 4.68 Å². The van der Waals surface area contributed by atoms with Gasteiger partial charge in [-0.1, -0.05) is 0 Å². The summed E-state index contributed by atoms with van der Waals surface area (Å²) >= 11 is 0. The molecular formula is C13H12F2N4. The van der Waals surface area contributed by atoms with Crippen LogP contribution in [0.1, 0.15) is 18.5 Å². The minimum atomic E-state index is -0.890. The van der Waals surface area contributed by atoms with Gasteiger partial charge in [0, 0.05) is 18.3 Å². The highest BCUT2D eigenvalue weighted by molar-refractivity contribution is 5.60. The Kier molecular flexibility index (Phi) is 3.58. The average Bonchev–Trinajstić information content (AvgIpc) is 2.87. The Morgan fingerprint density at radius 1 is 1.42 bits per heavy atom. The van der Waals surface area contributed by atoms with Crippen LogP contribution in [0.3, 0.4) is 0 Å². The van der Waals surface area contributed by atoms with Crippen molar-refractivity contribution in [2.45, 2.75) is 13.0 Å². The fourth-order valence-electron chi connectivity index (χ4n) is 1.67. The third-order valence-electron chi connectivity index (χ3n) is 2.85. The normalized spacial score (nSPS) is 12.2. The summed E-state index contributed by atoms with van der Waals surface area (Å²) in [5.74, 6) is -1.78. The van der Waals surface area contributed by atoms with Crippen molar-refractivity contribution in [1.82, 2.24) is 9.78 Å². The van der Waals surface area contributed by atoms with Crippen molar-refractivity contribution in [2.75, 3.05) is 6.54 Å². The van der Waals surface area contributed by atoms with Crippen LogP contribution in [0, 0.1) is 23.0 Å². The van der Waals surface area contributed by atoms with E-state index >= 15 is 0 Å². The van der Waals surface area contributed by atoms with Gasteiger partial charge < -0.3 is 5.73 Å². The highest BCUT2D eigenvalue weighted by atomic mass is 19.1. The monoisotopic (exact) mass is 262 g/mol. The Morgan fingerprint density at radius 2 is 2.05 bits per heavy atom. The lowest BCUT2D eigenvalue weighted by Gasteiger charge is -2.08. The van der Waals surface area contributed by atoms with Crippen LogP contribution < -0.4 is 5.73 Å². The van der Waals surface area contributed by atoms with Crippen molar-refractivity contribution in [3.8, 4) is 17.3 Å². The standard InChI is InChI=1S/C13H12F2N4/c1-8(6-16)19-3-2-13(18-19)9-4-11(14)10(7-17)12(15)5-9/h2-5,8H,6,16H2,1H3/t8-/m1/s1. The van der Waals surface area contributed by atoms with Crippen LogP contribution in [0.15, 0.2) is 24.4 Å².